The molecule has 4 rings (SSSR count). The topological polar surface area (TPSA) is 47.4 Å². The first-order valence-electron chi connectivity index (χ1n) is 13.0. The lowest BCUT2D eigenvalue weighted by atomic mass is 10.0. The van der Waals surface area contributed by atoms with Crippen molar-refractivity contribution < 1.29 is 9.53 Å². The van der Waals surface area contributed by atoms with E-state index in [1.165, 1.54) is 18.2 Å². The number of hydrogen-bond acceptors (Lipinski definition) is 5. The molecule has 194 valence electrons. The summed E-state index contributed by atoms with van der Waals surface area (Å²) in [4.78, 5) is 15.7. The lowest BCUT2D eigenvalue weighted by Crippen LogP contribution is -2.29. The second kappa shape index (κ2) is 12.6. The zero-order valence-electron chi connectivity index (χ0n) is 22.1. The largest absolute Gasteiger partial charge is 0.493 e. The zero-order chi connectivity index (χ0) is 26.4. The molecule has 0 unspecified atom stereocenters. The molecule has 0 spiro atoms. The van der Waals surface area contributed by atoms with Crippen molar-refractivity contribution in [2.75, 3.05) is 13.2 Å². The van der Waals surface area contributed by atoms with Crippen molar-refractivity contribution in [3.8, 4) is 22.7 Å². The summed E-state index contributed by atoms with van der Waals surface area (Å²) < 4.78 is 8.59. The van der Waals surface area contributed by atoms with Gasteiger partial charge in [-0.25, -0.2) is 4.68 Å². The lowest BCUT2D eigenvalue weighted by Gasteiger charge is -2.14. The number of carbonyl (C=O) groups excluding carboxylic acids is 1. The Kier molecular flexibility index (Phi) is 9.22. The van der Waals surface area contributed by atoms with Gasteiger partial charge in [-0.1, -0.05) is 94.3 Å². The van der Waals surface area contributed by atoms with E-state index in [2.05, 4.69) is 33.8 Å². The Morgan fingerprint density at radius 1 is 1.08 bits per heavy atom. The number of aromatic nitrogens is 2. The summed E-state index contributed by atoms with van der Waals surface area (Å²) in [5.41, 5.74) is 4.65. The van der Waals surface area contributed by atoms with Crippen LogP contribution in [0, 0.1) is 12.8 Å². The van der Waals surface area contributed by atoms with Crippen LogP contribution in [0.2, 0.25) is 0 Å². The predicted octanol–water partition coefficient (Wildman–Crippen LogP) is 7.66. The number of carbonyl (C=O) groups is 1. The molecule has 2 heterocycles. The summed E-state index contributed by atoms with van der Waals surface area (Å²) in [5.74, 6) is 1.26. The number of rotatable bonds is 11. The van der Waals surface area contributed by atoms with Crippen LogP contribution in [0.25, 0.3) is 23.0 Å². The quantitative estimate of drug-likeness (QED) is 0.144. The third-order valence-corrected chi connectivity index (χ3v) is 7.65. The minimum atomic E-state index is -0.0179. The van der Waals surface area contributed by atoms with Crippen LogP contribution >= 0.6 is 24.0 Å². The molecule has 1 saturated heterocycles. The maximum atomic E-state index is 13.3. The molecule has 2 aromatic carbocycles. The van der Waals surface area contributed by atoms with Crippen LogP contribution < -0.4 is 4.74 Å². The molecule has 0 radical (unpaired) electrons. The third kappa shape index (κ3) is 6.51. The van der Waals surface area contributed by atoms with Crippen LogP contribution in [0.4, 0.5) is 0 Å². The Morgan fingerprint density at radius 3 is 2.59 bits per heavy atom. The van der Waals surface area contributed by atoms with Crippen molar-refractivity contribution in [3.05, 3.63) is 70.8 Å². The van der Waals surface area contributed by atoms with Crippen LogP contribution in [-0.4, -0.2) is 38.1 Å². The number of ether oxygens (including phenoxy) is 1. The van der Waals surface area contributed by atoms with Gasteiger partial charge in [-0.3, -0.25) is 9.69 Å². The highest BCUT2D eigenvalue weighted by Crippen LogP contribution is 2.37. The highest BCUT2D eigenvalue weighted by Gasteiger charge is 2.32. The average molecular weight is 534 g/mol. The number of unbranched alkanes of at least 4 members (excludes halogenated alkanes) is 3. The van der Waals surface area contributed by atoms with Gasteiger partial charge in [0.05, 0.1) is 17.2 Å². The molecule has 0 atom stereocenters. The van der Waals surface area contributed by atoms with Gasteiger partial charge in [-0.2, -0.15) is 5.10 Å². The molecule has 37 heavy (non-hydrogen) atoms. The SMILES string of the molecule is CCCCCCN1C(=O)/C(=C/c2cn(-c3ccccc3)nc2-c2cccc(OCC(C)C)c2C)SC1=S. The lowest BCUT2D eigenvalue weighted by molar-refractivity contribution is -0.122. The molecule has 5 nitrogen and oxygen atoms in total. The van der Waals surface area contributed by atoms with Crippen LogP contribution in [-0.2, 0) is 4.79 Å². The van der Waals surface area contributed by atoms with Crippen molar-refractivity contribution >= 4 is 40.3 Å². The molecule has 1 aromatic heterocycles. The van der Waals surface area contributed by atoms with Gasteiger partial charge in [0, 0.05) is 29.4 Å². The fraction of sp³-hybridized carbons (Fsp3) is 0.367. The van der Waals surface area contributed by atoms with Crippen LogP contribution in [0.15, 0.2) is 59.6 Å². The van der Waals surface area contributed by atoms with Gasteiger partial charge < -0.3 is 4.74 Å². The van der Waals surface area contributed by atoms with E-state index in [0.29, 0.717) is 28.3 Å². The average Bonchev–Trinajstić information content (AvgIpc) is 3.42. The zero-order valence-corrected chi connectivity index (χ0v) is 23.7. The molecule has 1 amide bonds. The standard InChI is InChI=1S/C30H35N3O2S2/c1-5-6-7-11-17-32-29(34)27(37-30(32)36)18-23-19-33(24-13-9-8-10-14-24)31-28(23)25-15-12-16-26(22(25)4)35-20-21(2)3/h8-10,12-16,18-19,21H,5-7,11,17,20H2,1-4H3/b27-18-. The van der Waals surface area contributed by atoms with Gasteiger partial charge in [0.25, 0.3) is 5.91 Å². The molecule has 0 aliphatic carbocycles. The van der Waals surface area contributed by atoms with E-state index in [1.807, 2.05) is 59.4 Å². The number of benzene rings is 2. The minimum absolute atomic E-state index is 0.0179. The Bertz CT molecular complexity index is 1280. The Morgan fingerprint density at radius 2 is 1.86 bits per heavy atom. The molecule has 0 N–H and O–H groups in total. The van der Waals surface area contributed by atoms with Crippen LogP contribution in [0.1, 0.15) is 57.6 Å². The second-order valence-corrected chi connectivity index (χ2v) is 11.4. The van der Waals surface area contributed by atoms with Crippen molar-refractivity contribution in [1.29, 1.82) is 0 Å². The molecular weight excluding hydrogens is 498 g/mol. The van der Waals surface area contributed by atoms with Crippen molar-refractivity contribution in [2.45, 2.75) is 53.4 Å². The van der Waals surface area contributed by atoms with Gasteiger partial charge in [0.1, 0.15) is 15.8 Å². The number of thiocarbonyl (C=S) groups is 1. The van der Waals surface area contributed by atoms with Crippen LogP contribution in [0.5, 0.6) is 5.75 Å². The second-order valence-electron chi connectivity index (χ2n) is 9.74. The molecule has 1 aliphatic heterocycles. The number of para-hydroxylation sites is 1. The number of hydrogen-bond donors (Lipinski definition) is 0. The fourth-order valence-corrected chi connectivity index (χ4v) is 5.53. The normalized spacial score (nSPS) is 14.8. The van der Waals surface area contributed by atoms with E-state index in [0.717, 1.165) is 53.1 Å². The molecule has 0 saturated carbocycles. The van der Waals surface area contributed by atoms with E-state index < -0.39 is 0 Å². The first-order chi connectivity index (χ1) is 17.9. The first kappa shape index (κ1) is 27.1. The van der Waals surface area contributed by atoms with E-state index in [-0.39, 0.29) is 5.91 Å². The van der Waals surface area contributed by atoms with Gasteiger partial charge in [0.2, 0.25) is 0 Å². The maximum absolute atomic E-state index is 13.3. The third-order valence-electron chi connectivity index (χ3n) is 6.27. The van der Waals surface area contributed by atoms with Gasteiger partial charge in [-0.15, -0.1) is 0 Å². The van der Waals surface area contributed by atoms with Gasteiger partial charge in [0.15, 0.2) is 0 Å². The summed E-state index contributed by atoms with van der Waals surface area (Å²) >= 11 is 6.95. The van der Waals surface area contributed by atoms with Gasteiger partial charge in [-0.05, 0) is 43.5 Å². The molecule has 0 bridgehead atoms. The van der Waals surface area contributed by atoms with Gasteiger partial charge >= 0.3 is 0 Å². The molecule has 1 fully saturated rings. The number of amides is 1. The Balaban J connectivity index is 1.71. The molecule has 7 heteroatoms. The van der Waals surface area contributed by atoms with Crippen LogP contribution in [0.3, 0.4) is 0 Å². The monoisotopic (exact) mass is 533 g/mol. The first-order valence-corrected chi connectivity index (χ1v) is 14.2. The summed E-state index contributed by atoms with van der Waals surface area (Å²) in [6.07, 6.45) is 8.33. The predicted molar refractivity (Wildman–Crippen MR) is 158 cm³/mol. The smallest absolute Gasteiger partial charge is 0.266 e. The fourth-order valence-electron chi connectivity index (χ4n) is 4.23. The summed E-state index contributed by atoms with van der Waals surface area (Å²) in [7, 11) is 0. The van der Waals surface area contributed by atoms with Crippen molar-refractivity contribution in [2.24, 2.45) is 5.92 Å². The van der Waals surface area contributed by atoms with Crippen molar-refractivity contribution in [3.63, 3.8) is 0 Å². The van der Waals surface area contributed by atoms with E-state index in [9.17, 15) is 4.79 Å². The number of nitrogens with zero attached hydrogens (tertiary/aromatic N) is 3. The van der Waals surface area contributed by atoms with E-state index >= 15 is 0 Å². The molecule has 3 aromatic rings. The maximum Gasteiger partial charge on any atom is 0.266 e. The van der Waals surface area contributed by atoms with Crippen molar-refractivity contribution in [1.82, 2.24) is 14.7 Å². The number of thioether (sulfide) groups is 1. The molecule has 1 aliphatic rings. The summed E-state index contributed by atoms with van der Waals surface area (Å²) in [5, 5.41) is 4.97. The summed E-state index contributed by atoms with van der Waals surface area (Å²) in [6.45, 7) is 9.84. The highest BCUT2D eigenvalue weighted by atomic mass is 32.2. The van der Waals surface area contributed by atoms with E-state index in [1.54, 1.807) is 4.90 Å². The minimum Gasteiger partial charge on any atom is -0.493 e. The Labute approximate surface area is 229 Å². The summed E-state index contributed by atoms with van der Waals surface area (Å²) in [6, 6.07) is 16.1. The van der Waals surface area contributed by atoms with E-state index in [4.69, 9.17) is 22.1 Å². The highest BCUT2D eigenvalue weighted by molar-refractivity contribution is 8.26. The Hall–Kier alpha value is -2.90. The molecular formula is C30H35N3O2S2.